The van der Waals surface area contributed by atoms with Crippen molar-refractivity contribution >= 4 is 0 Å². The monoisotopic (exact) mass is 348 g/mol. The molecule has 2 bridgehead atoms. The van der Waals surface area contributed by atoms with Crippen LogP contribution in [0.15, 0.2) is 12.1 Å². The van der Waals surface area contributed by atoms with Crippen molar-refractivity contribution in [3.05, 3.63) is 34.4 Å². The van der Waals surface area contributed by atoms with Gasteiger partial charge in [-0.3, -0.25) is 0 Å². The highest BCUT2D eigenvalue weighted by Gasteiger charge is 2.49. The molecule has 0 amide bonds. The van der Waals surface area contributed by atoms with E-state index in [4.69, 9.17) is 0 Å². The van der Waals surface area contributed by atoms with Crippen LogP contribution in [0.1, 0.15) is 107 Å². The summed E-state index contributed by atoms with van der Waals surface area (Å²) in [7, 11) is 0. The smallest absolute Gasteiger partial charge is 0.101 e. The number of nitrogens with zero attached hydrogens (tertiary/aromatic N) is 2. The Morgan fingerprint density at radius 1 is 0.846 bits per heavy atom. The average Bonchev–Trinajstić information content (AvgIpc) is 2.71. The maximum Gasteiger partial charge on any atom is 0.101 e. The van der Waals surface area contributed by atoms with Crippen LogP contribution in [0.3, 0.4) is 0 Å². The molecule has 4 rings (SSSR count). The molecular formula is C24H32N2. The maximum atomic E-state index is 9.90. The van der Waals surface area contributed by atoms with E-state index in [2.05, 4.69) is 38.1 Å². The standard InChI is InChI=1S/C24H32N2/c1-3-5-7-19-8-9-22(21(18-26)20(19)17-25)24-14-11-23(12-15-24,13-16-24)10-6-4-2/h8-9H,3-7,10-16H2,1-2H3. The van der Waals surface area contributed by atoms with Gasteiger partial charge in [-0.2, -0.15) is 10.5 Å². The molecule has 2 nitrogen and oxygen atoms in total. The number of fused-ring (bicyclic) bond motifs is 3. The molecule has 0 unspecified atom stereocenters. The lowest BCUT2D eigenvalue weighted by atomic mass is 9.50. The molecule has 2 heteroatoms. The zero-order valence-corrected chi connectivity index (χ0v) is 16.5. The Bertz CT molecular complexity index is 707. The van der Waals surface area contributed by atoms with Gasteiger partial charge in [0.15, 0.2) is 0 Å². The first-order valence-corrected chi connectivity index (χ1v) is 10.6. The fourth-order valence-electron chi connectivity index (χ4n) is 5.50. The van der Waals surface area contributed by atoms with E-state index >= 15 is 0 Å². The number of nitriles is 2. The lowest BCUT2D eigenvalue weighted by molar-refractivity contribution is 0.0307. The first-order chi connectivity index (χ1) is 12.6. The van der Waals surface area contributed by atoms with E-state index in [0.717, 1.165) is 24.8 Å². The van der Waals surface area contributed by atoms with Gasteiger partial charge in [-0.15, -0.1) is 0 Å². The van der Waals surface area contributed by atoms with Crippen LogP contribution in [0.5, 0.6) is 0 Å². The van der Waals surface area contributed by atoms with Crippen LogP contribution in [-0.4, -0.2) is 0 Å². The first kappa shape index (κ1) is 19.0. The third kappa shape index (κ3) is 3.27. The predicted octanol–water partition coefficient (Wildman–Crippen LogP) is 6.55. The van der Waals surface area contributed by atoms with E-state index in [9.17, 15) is 10.5 Å². The first-order valence-electron chi connectivity index (χ1n) is 10.6. The van der Waals surface area contributed by atoms with E-state index in [0.29, 0.717) is 16.5 Å². The van der Waals surface area contributed by atoms with Crippen LogP contribution in [0.4, 0.5) is 0 Å². The lowest BCUT2D eigenvalue weighted by Crippen LogP contribution is -2.44. The molecule has 3 aliphatic rings. The predicted molar refractivity (Wildman–Crippen MR) is 106 cm³/mol. The van der Waals surface area contributed by atoms with E-state index in [1.807, 2.05) is 0 Å². The normalized spacial score (nSPS) is 27.1. The molecule has 0 aromatic heterocycles. The number of hydrogen-bond donors (Lipinski definition) is 0. The Hall–Kier alpha value is -1.80. The molecule has 1 aromatic carbocycles. The number of rotatable bonds is 7. The number of hydrogen-bond acceptors (Lipinski definition) is 2. The number of benzene rings is 1. The average molecular weight is 349 g/mol. The van der Waals surface area contributed by atoms with Gasteiger partial charge in [-0.05, 0) is 79.7 Å². The Balaban J connectivity index is 1.91. The SMILES string of the molecule is CCCCc1ccc(C23CCC(CCCC)(CC2)CC3)c(C#N)c1C#N. The van der Waals surface area contributed by atoms with Crippen molar-refractivity contribution in [1.82, 2.24) is 0 Å². The summed E-state index contributed by atoms with van der Waals surface area (Å²) in [4.78, 5) is 0. The molecule has 3 fully saturated rings. The highest BCUT2D eigenvalue weighted by atomic mass is 14.5. The van der Waals surface area contributed by atoms with E-state index < -0.39 is 0 Å². The molecule has 0 saturated heterocycles. The largest absolute Gasteiger partial charge is 0.192 e. The van der Waals surface area contributed by atoms with Crippen molar-refractivity contribution in [3.63, 3.8) is 0 Å². The van der Waals surface area contributed by atoms with E-state index in [1.54, 1.807) is 0 Å². The van der Waals surface area contributed by atoms with Crippen molar-refractivity contribution in [2.75, 3.05) is 0 Å². The topological polar surface area (TPSA) is 47.6 Å². The molecule has 138 valence electrons. The molecular weight excluding hydrogens is 316 g/mol. The van der Waals surface area contributed by atoms with Gasteiger partial charge in [0.05, 0.1) is 11.1 Å². The quantitative estimate of drug-likeness (QED) is 0.560. The summed E-state index contributed by atoms with van der Waals surface area (Å²) in [6.07, 6.45) is 14.6. The molecule has 0 N–H and O–H groups in total. The Morgan fingerprint density at radius 3 is 2.00 bits per heavy atom. The summed E-state index contributed by atoms with van der Waals surface area (Å²) < 4.78 is 0. The molecule has 3 saturated carbocycles. The van der Waals surface area contributed by atoms with E-state index in [1.165, 1.54) is 63.4 Å². The lowest BCUT2D eigenvalue weighted by Gasteiger charge is -2.54. The van der Waals surface area contributed by atoms with Crippen LogP contribution in [0.2, 0.25) is 0 Å². The molecule has 26 heavy (non-hydrogen) atoms. The fourth-order valence-corrected chi connectivity index (χ4v) is 5.50. The Morgan fingerprint density at radius 2 is 1.46 bits per heavy atom. The highest BCUT2D eigenvalue weighted by molar-refractivity contribution is 5.57. The summed E-state index contributed by atoms with van der Waals surface area (Å²) in [6.45, 7) is 4.45. The molecule has 0 radical (unpaired) electrons. The van der Waals surface area contributed by atoms with Crippen molar-refractivity contribution in [3.8, 4) is 12.1 Å². The minimum Gasteiger partial charge on any atom is -0.192 e. The summed E-state index contributed by atoms with van der Waals surface area (Å²) in [5, 5.41) is 19.7. The van der Waals surface area contributed by atoms with Gasteiger partial charge in [0.25, 0.3) is 0 Å². The minimum atomic E-state index is 0.147. The summed E-state index contributed by atoms with van der Waals surface area (Å²) in [6, 6.07) is 9.15. The van der Waals surface area contributed by atoms with Gasteiger partial charge in [-0.1, -0.05) is 45.2 Å². The summed E-state index contributed by atoms with van der Waals surface area (Å²) in [5.74, 6) is 0. The van der Waals surface area contributed by atoms with Crippen molar-refractivity contribution < 1.29 is 0 Å². The van der Waals surface area contributed by atoms with Gasteiger partial charge < -0.3 is 0 Å². The van der Waals surface area contributed by atoms with Crippen LogP contribution >= 0.6 is 0 Å². The van der Waals surface area contributed by atoms with Gasteiger partial charge in [0, 0.05) is 0 Å². The Kier molecular flexibility index (Phi) is 5.72. The molecule has 0 spiro atoms. The molecule has 0 aliphatic heterocycles. The van der Waals surface area contributed by atoms with Crippen molar-refractivity contribution in [2.24, 2.45) is 5.41 Å². The summed E-state index contributed by atoms with van der Waals surface area (Å²) in [5.41, 5.74) is 4.30. The second-order valence-corrected chi connectivity index (χ2v) is 8.73. The molecule has 0 atom stereocenters. The molecule has 3 aliphatic carbocycles. The third-order valence-electron chi connectivity index (χ3n) is 7.35. The van der Waals surface area contributed by atoms with Gasteiger partial charge in [-0.25, -0.2) is 0 Å². The third-order valence-corrected chi connectivity index (χ3v) is 7.35. The van der Waals surface area contributed by atoms with Gasteiger partial charge in [0.1, 0.15) is 12.1 Å². The van der Waals surface area contributed by atoms with Crippen molar-refractivity contribution in [1.29, 1.82) is 10.5 Å². The fraction of sp³-hybridized carbons (Fsp3) is 0.667. The minimum absolute atomic E-state index is 0.147. The number of aryl methyl sites for hydroxylation is 1. The zero-order chi connectivity index (χ0) is 18.6. The van der Waals surface area contributed by atoms with Crippen LogP contribution in [0, 0.1) is 28.1 Å². The molecule has 0 heterocycles. The highest BCUT2D eigenvalue weighted by Crippen LogP contribution is 2.60. The van der Waals surface area contributed by atoms with Gasteiger partial charge >= 0.3 is 0 Å². The summed E-state index contributed by atoms with van der Waals surface area (Å²) >= 11 is 0. The van der Waals surface area contributed by atoms with Crippen LogP contribution < -0.4 is 0 Å². The molecule has 1 aromatic rings. The Labute approximate surface area is 159 Å². The van der Waals surface area contributed by atoms with Crippen molar-refractivity contribution in [2.45, 2.75) is 96.3 Å². The second-order valence-electron chi connectivity index (χ2n) is 8.73. The zero-order valence-electron chi connectivity index (χ0n) is 16.5. The van der Waals surface area contributed by atoms with Gasteiger partial charge in [0.2, 0.25) is 0 Å². The second kappa shape index (κ2) is 7.84. The maximum absolute atomic E-state index is 9.90. The van der Waals surface area contributed by atoms with Crippen LogP contribution in [0.25, 0.3) is 0 Å². The number of unbranched alkanes of at least 4 members (excludes halogenated alkanes) is 2. The van der Waals surface area contributed by atoms with Crippen LogP contribution in [-0.2, 0) is 11.8 Å². The van der Waals surface area contributed by atoms with E-state index in [-0.39, 0.29) is 5.41 Å².